The fraction of sp³-hybridized carbons (Fsp3) is 0.438. The van der Waals surface area contributed by atoms with Crippen molar-refractivity contribution < 1.29 is 4.42 Å². The van der Waals surface area contributed by atoms with E-state index >= 15 is 0 Å². The average molecular weight is 255 g/mol. The molecule has 19 heavy (non-hydrogen) atoms. The van der Waals surface area contributed by atoms with Crippen molar-refractivity contribution >= 4 is 16.7 Å². The summed E-state index contributed by atoms with van der Waals surface area (Å²) in [7, 11) is 0. The number of rotatable bonds is 0. The molecule has 1 atom stereocenters. The molecule has 3 heteroatoms. The lowest BCUT2D eigenvalue weighted by molar-refractivity contribution is 0.534. The van der Waals surface area contributed by atoms with E-state index in [9.17, 15) is 4.79 Å². The summed E-state index contributed by atoms with van der Waals surface area (Å²) in [5.41, 5.74) is 4.60. The van der Waals surface area contributed by atoms with Gasteiger partial charge in [0.1, 0.15) is 5.58 Å². The second kappa shape index (κ2) is 3.86. The molecule has 2 aliphatic rings. The molecule has 0 saturated carbocycles. The highest BCUT2D eigenvalue weighted by atomic mass is 16.4. The summed E-state index contributed by atoms with van der Waals surface area (Å²) in [5, 5.41) is 1.07. The highest BCUT2D eigenvalue weighted by Gasteiger charge is 2.30. The van der Waals surface area contributed by atoms with Crippen molar-refractivity contribution in [3.63, 3.8) is 0 Å². The van der Waals surface area contributed by atoms with Gasteiger partial charge in [-0.2, -0.15) is 0 Å². The average Bonchev–Trinajstić information content (AvgIpc) is 2.42. The maximum Gasteiger partial charge on any atom is 0.336 e. The van der Waals surface area contributed by atoms with Gasteiger partial charge < -0.3 is 9.32 Å². The third-order valence-corrected chi connectivity index (χ3v) is 4.51. The number of benzene rings is 1. The molecule has 0 spiro atoms. The van der Waals surface area contributed by atoms with Gasteiger partial charge in [-0.25, -0.2) is 4.79 Å². The van der Waals surface area contributed by atoms with E-state index in [0.717, 1.165) is 36.9 Å². The van der Waals surface area contributed by atoms with Gasteiger partial charge in [-0.1, -0.05) is 6.92 Å². The molecule has 4 rings (SSSR count). The van der Waals surface area contributed by atoms with Crippen LogP contribution < -0.4 is 10.5 Å². The van der Waals surface area contributed by atoms with Crippen LogP contribution in [0.5, 0.6) is 0 Å². The molecular weight excluding hydrogens is 238 g/mol. The van der Waals surface area contributed by atoms with Crippen LogP contribution in [0, 0.1) is 0 Å². The second-order valence-corrected chi connectivity index (χ2v) is 5.75. The van der Waals surface area contributed by atoms with Crippen molar-refractivity contribution in [3.05, 3.63) is 39.7 Å². The lowest BCUT2D eigenvalue weighted by Gasteiger charge is -2.39. The lowest BCUT2D eigenvalue weighted by Crippen LogP contribution is -2.35. The maximum absolute atomic E-state index is 11.5. The molecule has 0 bridgehead atoms. The van der Waals surface area contributed by atoms with Gasteiger partial charge in [-0.15, -0.1) is 0 Å². The number of hydrogen-bond donors (Lipinski definition) is 0. The van der Waals surface area contributed by atoms with Crippen LogP contribution in [-0.2, 0) is 6.42 Å². The normalized spacial score (nSPS) is 21.5. The molecule has 0 fully saturated rings. The maximum atomic E-state index is 11.5. The van der Waals surface area contributed by atoms with E-state index < -0.39 is 0 Å². The topological polar surface area (TPSA) is 33.5 Å². The van der Waals surface area contributed by atoms with Gasteiger partial charge in [0.15, 0.2) is 0 Å². The van der Waals surface area contributed by atoms with Crippen LogP contribution >= 0.6 is 0 Å². The Labute approximate surface area is 111 Å². The highest BCUT2D eigenvalue weighted by Crippen LogP contribution is 2.44. The van der Waals surface area contributed by atoms with Crippen LogP contribution in [0.4, 0.5) is 5.69 Å². The van der Waals surface area contributed by atoms with E-state index in [0.29, 0.717) is 5.92 Å². The Hall–Kier alpha value is -1.77. The first-order valence-corrected chi connectivity index (χ1v) is 7.08. The third kappa shape index (κ3) is 1.54. The number of fused-ring (bicyclic) bond motifs is 2. The van der Waals surface area contributed by atoms with Gasteiger partial charge in [0.25, 0.3) is 0 Å². The van der Waals surface area contributed by atoms with Gasteiger partial charge in [-0.05, 0) is 42.9 Å². The van der Waals surface area contributed by atoms with Crippen molar-refractivity contribution in [2.24, 2.45) is 0 Å². The first-order chi connectivity index (χ1) is 9.24. The van der Waals surface area contributed by atoms with E-state index in [2.05, 4.69) is 17.9 Å². The Bertz CT molecular complexity index is 716. The molecule has 0 radical (unpaired) electrons. The zero-order valence-corrected chi connectivity index (χ0v) is 11.1. The first-order valence-electron chi connectivity index (χ1n) is 7.08. The summed E-state index contributed by atoms with van der Waals surface area (Å²) < 4.78 is 5.52. The molecule has 0 N–H and O–H groups in total. The number of aryl methyl sites for hydroxylation is 1. The Morgan fingerprint density at radius 1 is 1.32 bits per heavy atom. The molecule has 0 amide bonds. The zero-order valence-electron chi connectivity index (χ0n) is 11.1. The smallest absolute Gasteiger partial charge is 0.336 e. The molecule has 3 heterocycles. The van der Waals surface area contributed by atoms with Crippen molar-refractivity contribution in [1.29, 1.82) is 0 Å². The Morgan fingerprint density at radius 2 is 2.21 bits per heavy atom. The molecule has 1 unspecified atom stereocenters. The fourth-order valence-corrected chi connectivity index (χ4v) is 3.60. The second-order valence-electron chi connectivity index (χ2n) is 5.75. The molecule has 0 saturated heterocycles. The predicted molar refractivity (Wildman–Crippen MR) is 76.1 cm³/mol. The van der Waals surface area contributed by atoms with Crippen LogP contribution in [0.2, 0.25) is 0 Å². The summed E-state index contributed by atoms with van der Waals surface area (Å²) in [4.78, 5) is 14.0. The van der Waals surface area contributed by atoms with Gasteiger partial charge in [0.2, 0.25) is 0 Å². The predicted octanol–water partition coefficient (Wildman–Crippen LogP) is 3.05. The van der Waals surface area contributed by atoms with Crippen molar-refractivity contribution in [1.82, 2.24) is 0 Å². The standard InChI is InChI=1S/C16H17NO2/c1-10-6-8-17-7-2-3-11-9-12-4-5-13(18)19-16(12)14(10)15(11)17/h4-5,9-10H,2-3,6-8H2,1H3. The first kappa shape index (κ1) is 11.1. The summed E-state index contributed by atoms with van der Waals surface area (Å²) in [5.74, 6) is 0.470. The lowest BCUT2D eigenvalue weighted by atomic mass is 9.84. The molecule has 2 aromatic rings. The van der Waals surface area contributed by atoms with Crippen molar-refractivity contribution in [2.45, 2.75) is 32.1 Å². The van der Waals surface area contributed by atoms with E-state index in [1.165, 1.54) is 29.3 Å². The van der Waals surface area contributed by atoms with Gasteiger partial charge in [0.05, 0.1) is 0 Å². The fourth-order valence-electron chi connectivity index (χ4n) is 3.60. The van der Waals surface area contributed by atoms with E-state index in [4.69, 9.17) is 4.42 Å². The van der Waals surface area contributed by atoms with Crippen molar-refractivity contribution in [2.75, 3.05) is 18.0 Å². The molecule has 1 aromatic heterocycles. The quantitative estimate of drug-likeness (QED) is 0.678. The number of anilines is 1. The zero-order chi connectivity index (χ0) is 13.0. The molecule has 3 nitrogen and oxygen atoms in total. The molecule has 1 aromatic carbocycles. The minimum atomic E-state index is -0.246. The van der Waals surface area contributed by atoms with E-state index in [1.54, 1.807) is 0 Å². The summed E-state index contributed by atoms with van der Waals surface area (Å²) in [6, 6.07) is 5.63. The SMILES string of the molecule is CC1CCN2CCCc3cc4ccc(=O)oc4c1c32. The molecule has 2 aliphatic heterocycles. The minimum Gasteiger partial charge on any atom is -0.422 e. The number of nitrogens with zero attached hydrogens (tertiary/aromatic N) is 1. The Kier molecular flexibility index (Phi) is 2.25. The largest absolute Gasteiger partial charge is 0.422 e. The minimum absolute atomic E-state index is 0.246. The summed E-state index contributed by atoms with van der Waals surface area (Å²) in [6.07, 6.45) is 3.51. The Balaban J connectivity index is 2.14. The van der Waals surface area contributed by atoms with Gasteiger partial charge in [-0.3, -0.25) is 0 Å². The van der Waals surface area contributed by atoms with Crippen LogP contribution in [0.3, 0.4) is 0 Å². The van der Waals surface area contributed by atoms with E-state index in [1.807, 2.05) is 6.07 Å². The summed E-state index contributed by atoms with van der Waals surface area (Å²) >= 11 is 0. The van der Waals surface area contributed by atoms with Crippen LogP contribution in [0.25, 0.3) is 11.0 Å². The van der Waals surface area contributed by atoms with Crippen molar-refractivity contribution in [3.8, 4) is 0 Å². The Morgan fingerprint density at radius 3 is 3.11 bits per heavy atom. The van der Waals surface area contributed by atoms with Crippen LogP contribution in [-0.4, -0.2) is 13.1 Å². The summed E-state index contributed by atoms with van der Waals surface area (Å²) in [6.45, 7) is 4.51. The molecule has 98 valence electrons. The van der Waals surface area contributed by atoms with Crippen LogP contribution in [0.1, 0.15) is 36.8 Å². The number of hydrogen-bond acceptors (Lipinski definition) is 3. The van der Waals surface area contributed by atoms with Crippen LogP contribution in [0.15, 0.2) is 27.4 Å². The third-order valence-electron chi connectivity index (χ3n) is 4.51. The molecule has 0 aliphatic carbocycles. The van der Waals surface area contributed by atoms with E-state index in [-0.39, 0.29) is 5.63 Å². The highest BCUT2D eigenvalue weighted by molar-refractivity contribution is 5.89. The molecular formula is C16H17NO2. The van der Waals surface area contributed by atoms with Gasteiger partial charge >= 0.3 is 5.63 Å². The van der Waals surface area contributed by atoms with Gasteiger partial charge in [0, 0.05) is 35.8 Å². The monoisotopic (exact) mass is 255 g/mol.